The maximum Gasteiger partial charge on any atom is 0.222 e. The summed E-state index contributed by atoms with van der Waals surface area (Å²) >= 11 is 0. The quantitative estimate of drug-likeness (QED) is 0.370. The van der Waals surface area contributed by atoms with E-state index in [1.807, 2.05) is 29.2 Å². The Balaban J connectivity index is 1.43. The third kappa shape index (κ3) is 5.72. The number of pyridine rings is 2. The van der Waals surface area contributed by atoms with Gasteiger partial charge in [-0.05, 0) is 48.6 Å². The molecule has 34 heavy (non-hydrogen) atoms. The van der Waals surface area contributed by atoms with Crippen LogP contribution in [0.15, 0.2) is 47.9 Å². The predicted molar refractivity (Wildman–Crippen MR) is 135 cm³/mol. The fourth-order valence-electron chi connectivity index (χ4n) is 3.79. The number of nitrogens with zero attached hydrogens (tertiary/aromatic N) is 6. The normalized spacial score (nSPS) is 14.6. The molecule has 0 bridgehead atoms. The number of aromatic nitrogens is 4. The Kier molecular flexibility index (Phi) is 7.41. The Bertz CT molecular complexity index is 1220. The van der Waals surface area contributed by atoms with Gasteiger partial charge in [0.1, 0.15) is 5.82 Å². The van der Waals surface area contributed by atoms with E-state index in [0.717, 1.165) is 53.7 Å². The van der Waals surface area contributed by atoms with E-state index in [9.17, 15) is 4.79 Å². The average Bonchev–Trinajstić information content (AvgIpc) is 3.25. The van der Waals surface area contributed by atoms with Crippen LogP contribution in [-0.2, 0) is 4.79 Å². The van der Waals surface area contributed by atoms with Crippen LogP contribution in [0.1, 0.15) is 50.2 Å². The summed E-state index contributed by atoms with van der Waals surface area (Å²) in [7, 11) is 0. The number of fused-ring (bicyclic) bond motifs is 1. The van der Waals surface area contributed by atoms with Gasteiger partial charge in [0.05, 0.1) is 17.2 Å². The molecule has 0 atom stereocenters. The van der Waals surface area contributed by atoms with Crippen molar-refractivity contribution >= 4 is 40.4 Å². The summed E-state index contributed by atoms with van der Waals surface area (Å²) in [5, 5.41) is 11.4. The summed E-state index contributed by atoms with van der Waals surface area (Å²) in [5.74, 6) is 1.91. The number of nitrogens with one attached hydrogen (secondary N) is 1. The molecular weight excluding hydrogens is 428 g/mol. The number of nitrogens with two attached hydrogens (primary N) is 1. The lowest BCUT2D eigenvalue weighted by molar-refractivity contribution is -0.127. The summed E-state index contributed by atoms with van der Waals surface area (Å²) in [6.45, 7) is 6.47. The third-order valence-corrected chi connectivity index (χ3v) is 5.77. The molecule has 3 N–H and O–H groups in total. The van der Waals surface area contributed by atoms with Gasteiger partial charge in [0.2, 0.25) is 5.91 Å². The molecule has 0 aliphatic carbocycles. The predicted octanol–water partition coefficient (Wildman–Crippen LogP) is 3.67. The molecule has 4 heterocycles. The van der Waals surface area contributed by atoms with Crippen molar-refractivity contribution in [3.63, 3.8) is 0 Å². The van der Waals surface area contributed by atoms with Gasteiger partial charge in [0, 0.05) is 55.8 Å². The van der Waals surface area contributed by atoms with E-state index in [1.54, 1.807) is 18.6 Å². The minimum Gasteiger partial charge on any atom is -0.404 e. The summed E-state index contributed by atoms with van der Waals surface area (Å²) in [4.78, 5) is 27.3. The monoisotopic (exact) mass is 458 g/mol. The average molecular weight is 459 g/mol. The Hall–Kier alpha value is -3.88. The van der Waals surface area contributed by atoms with Crippen molar-refractivity contribution in [3.05, 3.63) is 54.0 Å². The summed E-state index contributed by atoms with van der Waals surface area (Å²) in [5.41, 5.74) is 10.1. The summed E-state index contributed by atoms with van der Waals surface area (Å²) < 4.78 is 0. The van der Waals surface area contributed by atoms with Crippen molar-refractivity contribution in [1.82, 2.24) is 25.1 Å². The van der Waals surface area contributed by atoms with Crippen LogP contribution in [0.5, 0.6) is 0 Å². The molecule has 9 nitrogen and oxygen atoms in total. The van der Waals surface area contributed by atoms with Crippen molar-refractivity contribution < 1.29 is 4.79 Å². The second-order valence-electron chi connectivity index (χ2n) is 8.61. The van der Waals surface area contributed by atoms with Gasteiger partial charge in [0.15, 0.2) is 5.82 Å². The zero-order valence-corrected chi connectivity index (χ0v) is 19.6. The summed E-state index contributed by atoms with van der Waals surface area (Å²) in [6.07, 6.45) is 9.26. The number of amides is 1. The molecule has 1 aliphatic heterocycles. The maximum absolute atomic E-state index is 11.7. The molecule has 3 aromatic heterocycles. The van der Waals surface area contributed by atoms with E-state index in [-0.39, 0.29) is 5.91 Å². The first-order valence-electron chi connectivity index (χ1n) is 11.6. The molecule has 4 rings (SSSR count). The Morgan fingerprint density at radius 2 is 2.12 bits per heavy atom. The highest BCUT2D eigenvalue weighted by Gasteiger charge is 2.18. The number of anilines is 2. The Morgan fingerprint density at radius 3 is 2.88 bits per heavy atom. The molecule has 9 heteroatoms. The highest BCUT2D eigenvalue weighted by atomic mass is 16.2. The van der Waals surface area contributed by atoms with Crippen molar-refractivity contribution in [2.24, 2.45) is 10.7 Å². The number of hydrogen-bond acceptors (Lipinski definition) is 8. The van der Waals surface area contributed by atoms with Crippen LogP contribution in [0.25, 0.3) is 16.6 Å². The maximum atomic E-state index is 11.7. The Labute approximate surface area is 199 Å². The van der Waals surface area contributed by atoms with Crippen LogP contribution >= 0.6 is 0 Å². The number of carbonyl (C=O) groups excluding carboxylic acids is 1. The van der Waals surface area contributed by atoms with E-state index in [1.165, 1.54) is 6.20 Å². The number of carbonyl (C=O) groups is 1. The molecule has 0 unspecified atom stereocenters. The standard InChI is InChI=1S/C25H30N8O/c1-17(2)18-12-24(32-29-16-18)31-23-7-6-21-22(30-23)11-19(15-28-21)20(13-26)14-27-8-4-10-33-9-3-5-25(33)34/h6-7,11-17H,3-5,8-10,26H2,1-2H3,(H,30,31,32). The fourth-order valence-corrected chi connectivity index (χ4v) is 3.79. The van der Waals surface area contributed by atoms with Gasteiger partial charge in [0.25, 0.3) is 0 Å². The van der Waals surface area contributed by atoms with E-state index in [0.29, 0.717) is 30.5 Å². The van der Waals surface area contributed by atoms with Crippen molar-refractivity contribution in [1.29, 1.82) is 0 Å². The lowest BCUT2D eigenvalue weighted by Crippen LogP contribution is -2.26. The number of hydrogen-bond donors (Lipinski definition) is 2. The van der Waals surface area contributed by atoms with Gasteiger partial charge in [-0.2, -0.15) is 5.10 Å². The molecule has 0 aromatic carbocycles. The summed E-state index contributed by atoms with van der Waals surface area (Å²) in [6, 6.07) is 7.69. The number of likely N-dealkylation sites (tertiary alicyclic amines) is 1. The van der Waals surface area contributed by atoms with E-state index in [2.05, 4.69) is 39.3 Å². The van der Waals surface area contributed by atoms with E-state index >= 15 is 0 Å². The van der Waals surface area contributed by atoms with Crippen LogP contribution in [0, 0.1) is 0 Å². The lowest BCUT2D eigenvalue weighted by Gasteiger charge is -2.13. The fraction of sp³-hybridized carbons (Fsp3) is 0.360. The minimum absolute atomic E-state index is 0.245. The topological polar surface area (TPSA) is 122 Å². The van der Waals surface area contributed by atoms with Gasteiger partial charge >= 0.3 is 0 Å². The molecule has 1 saturated heterocycles. The second kappa shape index (κ2) is 10.8. The van der Waals surface area contributed by atoms with Crippen LogP contribution in [0.4, 0.5) is 11.6 Å². The zero-order chi connectivity index (χ0) is 23.9. The van der Waals surface area contributed by atoms with E-state index < -0.39 is 0 Å². The molecule has 0 radical (unpaired) electrons. The van der Waals surface area contributed by atoms with Crippen LogP contribution in [-0.4, -0.2) is 56.8 Å². The molecule has 1 aliphatic rings. The molecular formula is C25H30N8O. The molecule has 3 aromatic rings. The van der Waals surface area contributed by atoms with Crippen molar-refractivity contribution in [3.8, 4) is 0 Å². The number of allylic oxidation sites excluding steroid dienone is 1. The first kappa shape index (κ1) is 23.3. The SMILES string of the molecule is CC(C)c1cnnc(Nc2ccc3ncc(C(C=NCCCN4CCCC4=O)=CN)cc3n2)c1. The highest BCUT2D eigenvalue weighted by molar-refractivity contribution is 6.10. The second-order valence-corrected chi connectivity index (χ2v) is 8.61. The van der Waals surface area contributed by atoms with Gasteiger partial charge in [-0.15, -0.1) is 5.10 Å². The highest BCUT2D eigenvalue weighted by Crippen LogP contribution is 2.21. The molecule has 176 valence electrons. The molecule has 1 fully saturated rings. The van der Waals surface area contributed by atoms with Gasteiger partial charge in [-0.3, -0.25) is 14.8 Å². The van der Waals surface area contributed by atoms with Crippen LogP contribution < -0.4 is 11.1 Å². The third-order valence-electron chi connectivity index (χ3n) is 5.77. The molecule has 1 amide bonds. The van der Waals surface area contributed by atoms with E-state index in [4.69, 9.17) is 10.7 Å². The Morgan fingerprint density at radius 1 is 1.24 bits per heavy atom. The van der Waals surface area contributed by atoms with Gasteiger partial charge in [-0.25, -0.2) is 4.98 Å². The van der Waals surface area contributed by atoms with Crippen molar-refractivity contribution in [2.75, 3.05) is 25.0 Å². The van der Waals surface area contributed by atoms with Gasteiger partial charge in [-0.1, -0.05) is 13.8 Å². The minimum atomic E-state index is 0.245. The number of rotatable bonds is 9. The zero-order valence-electron chi connectivity index (χ0n) is 19.6. The lowest BCUT2D eigenvalue weighted by atomic mass is 10.1. The largest absolute Gasteiger partial charge is 0.404 e. The number of aliphatic imine (C=N–C) groups is 1. The smallest absolute Gasteiger partial charge is 0.222 e. The van der Waals surface area contributed by atoms with Gasteiger partial charge < -0.3 is 16.0 Å². The van der Waals surface area contributed by atoms with Crippen LogP contribution in [0.3, 0.4) is 0 Å². The first-order chi connectivity index (χ1) is 16.5. The van der Waals surface area contributed by atoms with Crippen molar-refractivity contribution in [2.45, 2.75) is 39.0 Å². The molecule has 0 saturated carbocycles. The first-order valence-corrected chi connectivity index (χ1v) is 11.6. The molecule has 0 spiro atoms. The van der Waals surface area contributed by atoms with Crippen LogP contribution in [0.2, 0.25) is 0 Å².